The molecule has 70 valence electrons. The van der Waals surface area contributed by atoms with Crippen molar-refractivity contribution < 1.29 is 4.79 Å². The topological polar surface area (TPSA) is 97.8 Å². The van der Waals surface area contributed by atoms with Crippen LogP contribution in [0.3, 0.4) is 0 Å². The summed E-state index contributed by atoms with van der Waals surface area (Å²) >= 11 is 0. The van der Waals surface area contributed by atoms with Gasteiger partial charge in [0.2, 0.25) is 5.91 Å². The van der Waals surface area contributed by atoms with Gasteiger partial charge in [0.15, 0.2) is 5.82 Å². The fourth-order valence-corrected chi connectivity index (χ4v) is 0.960. The molecule has 0 unspecified atom stereocenters. The molecule has 1 rings (SSSR count). The van der Waals surface area contributed by atoms with E-state index < -0.39 is 0 Å². The van der Waals surface area contributed by atoms with Gasteiger partial charge in [-0.1, -0.05) is 12.2 Å². The maximum absolute atomic E-state index is 10.4. The lowest BCUT2D eigenvalue weighted by Gasteiger charge is -1.90. The zero-order valence-electron chi connectivity index (χ0n) is 7.37. The smallest absolute Gasteiger partial charge is 0.221 e. The summed E-state index contributed by atoms with van der Waals surface area (Å²) in [6.07, 6.45) is 3.61. The Kier molecular flexibility index (Phi) is 2.69. The van der Waals surface area contributed by atoms with Gasteiger partial charge in [0.05, 0.1) is 0 Å². The van der Waals surface area contributed by atoms with Gasteiger partial charge in [0.25, 0.3) is 0 Å². The van der Waals surface area contributed by atoms with E-state index in [2.05, 4.69) is 10.2 Å². The molecule has 1 amide bonds. The van der Waals surface area contributed by atoms with Gasteiger partial charge in [-0.3, -0.25) is 9.89 Å². The van der Waals surface area contributed by atoms with E-state index in [-0.39, 0.29) is 12.3 Å². The maximum atomic E-state index is 10.4. The number of carbonyl (C=O) groups is 1. The molecule has 5 N–H and O–H groups in total. The first-order chi connectivity index (χ1) is 6.11. The van der Waals surface area contributed by atoms with Crippen LogP contribution in [0.25, 0.3) is 6.08 Å². The number of amides is 1. The van der Waals surface area contributed by atoms with Crippen LogP contribution in [0, 0.1) is 6.92 Å². The van der Waals surface area contributed by atoms with Crippen molar-refractivity contribution in [2.24, 2.45) is 5.73 Å². The van der Waals surface area contributed by atoms with Crippen LogP contribution >= 0.6 is 0 Å². The van der Waals surface area contributed by atoms with Crippen LogP contribution in [0.15, 0.2) is 6.08 Å². The molecule has 0 aliphatic heterocycles. The highest BCUT2D eigenvalue weighted by Crippen LogP contribution is 2.13. The highest BCUT2D eigenvalue weighted by Gasteiger charge is 2.02. The largest absolute Gasteiger partial charge is 0.382 e. The highest BCUT2D eigenvalue weighted by molar-refractivity contribution is 5.77. The Labute approximate surface area is 75.8 Å². The number of H-pyrrole nitrogens is 1. The van der Waals surface area contributed by atoms with Crippen molar-refractivity contribution in [2.45, 2.75) is 13.3 Å². The third-order valence-electron chi connectivity index (χ3n) is 1.63. The van der Waals surface area contributed by atoms with Gasteiger partial charge in [-0.15, -0.1) is 0 Å². The summed E-state index contributed by atoms with van der Waals surface area (Å²) in [5.74, 6) is 0.0641. The predicted octanol–water partition coefficient (Wildman–Crippen LogP) is 0.189. The van der Waals surface area contributed by atoms with E-state index in [1.807, 2.05) is 6.92 Å². The van der Waals surface area contributed by atoms with Crippen molar-refractivity contribution in [2.75, 3.05) is 5.73 Å². The van der Waals surface area contributed by atoms with Gasteiger partial charge in [0.1, 0.15) is 0 Å². The number of nitrogens with zero attached hydrogens (tertiary/aromatic N) is 1. The van der Waals surface area contributed by atoms with Crippen molar-refractivity contribution >= 4 is 17.8 Å². The number of carbonyl (C=O) groups excluding carboxylic acids is 1. The van der Waals surface area contributed by atoms with E-state index in [1.165, 1.54) is 0 Å². The second kappa shape index (κ2) is 3.75. The summed E-state index contributed by atoms with van der Waals surface area (Å²) in [6.45, 7) is 1.85. The van der Waals surface area contributed by atoms with Gasteiger partial charge < -0.3 is 11.5 Å². The van der Waals surface area contributed by atoms with Crippen molar-refractivity contribution in [3.05, 3.63) is 17.3 Å². The summed E-state index contributed by atoms with van der Waals surface area (Å²) < 4.78 is 0. The van der Waals surface area contributed by atoms with Crippen LogP contribution in [-0.4, -0.2) is 16.1 Å². The van der Waals surface area contributed by atoms with Gasteiger partial charge in [-0.05, 0) is 6.92 Å². The van der Waals surface area contributed by atoms with E-state index in [0.29, 0.717) is 5.82 Å². The number of rotatable bonds is 3. The Bertz CT molecular complexity index is 320. The fraction of sp³-hybridized carbons (Fsp3) is 0.250. The number of hydrogen-bond donors (Lipinski definition) is 3. The van der Waals surface area contributed by atoms with Crippen molar-refractivity contribution in [1.29, 1.82) is 0 Å². The molecule has 1 heterocycles. The van der Waals surface area contributed by atoms with Crippen LogP contribution in [0.5, 0.6) is 0 Å². The Morgan fingerprint density at radius 1 is 1.69 bits per heavy atom. The molecular weight excluding hydrogens is 168 g/mol. The van der Waals surface area contributed by atoms with E-state index in [4.69, 9.17) is 11.5 Å². The zero-order valence-corrected chi connectivity index (χ0v) is 7.37. The number of nitrogens with two attached hydrogens (primary N) is 2. The van der Waals surface area contributed by atoms with E-state index in [1.54, 1.807) is 12.2 Å². The van der Waals surface area contributed by atoms with Crippen molar-refractivity contribution in [3.63, 3.8) is 0 Å². The second-order valence-corrected chi connectivity index (χ2v) is 2.72. The molecule has 0 aliphatic carbocycles. The molecule has 0 aliphatic rings. The summed E-state index contributed by atoms with van der Waals surface area (Å²) in [5.41, 5.74) is 12.2. The molecule has 0 radical (unpaired) electrons. The first-order valence-corrected chi connectivity index (χ1v) is 3.86. The Hall–Kier alpha value is -1.78. The molecule has 0 saturated carbocycles. The summed E-state index contributed by atoms with van der Waals surface area (Å²) in [4.78, 5) is 10.4. The minimum absolute atomic E-state index is 0.212. The molecular formula is C8H12N4O. The number of nitrogen functional groups attached to an aromatic ring is 1. The third kappa shape index (κ3) is 2.33. The standard InChI is InChI=1S/C8H12N4O/c1-5-6(8(10)12-11-5)3-2-4-7(9)13/h2-3H,4H2,1H3,(H2,9,13)(H3,10,11,12). The molecule has 0 fully saturated rings. The van der Waals surface area contributed by atoms with E-state index in [0.717, 1.165) is 11.3 Å². The number of aryl methyl sites for hydroxylation is 1. The minimum Gasteiger partial charge on any atom is -0.382 e. The predicted molar refractivity (Wildman–Crippen MR) is 50.6 cm³/mol. The number of nitrogens with one attached hydrogen (secondary N) is 1. The number of aromatic nitrogens is 2. The number of primary amides is 1. The molecule has 5 nitrogen and oxygen atoms in total. The van der Waals surface area contributed by atoms with E-state index >= 15 is 0 Å². The lowest BCUT2D eigenvalue weighted by molar-refractivity contribution is -0.117. The summed E-state index contributed by atoms with van der Waals surface area (Å²) in [6, 6.07) is 0. The Morgan fingerprint density at radius 2 is 2.38 bits per heavy atom. The third-order valence-corrected chi connectivity index (χ3v) is 1.63. The first-order valence-electron chi connectivity index (χ1n) is 3.86. The number of anilines is 1. The van der Waals surface area contributed by atoms with Crippen LogP contribution in [0.2, 0.25) is 0 Å². The van der Waals surface area contributed by atoms with Crippen LogP contribution in [0.1, 0.15) is 17.7 Å². The maximum Gasteiger partial charge on any atom is 0.221 e. The normalized spacial score (nSPS) is 10.8. The van der Waals surface area contributed by atoms with Gasteiger partial charge in [-0.25, -0.2) is 0 Å². The van der Waals surface area contributed by atoms with Gasteiger partial charge in [-0.2, -0.15) is 5.10 Å². The average Bonchev–Trinajstić information content (AvgIpc) is 2.34. The van der Waals surface area contributed by atoms with Crippen molar-refractivity contribution in [3.8, 4) is 0 Å². The molecule has 5 heteroatoms. The number of hydrogen-bond acceptors (Lipinski definition) is 3. The Balaban J connectivity index is 2.73. The molecule has 13 heavy (non-hydrogen) atoms. The van der Waals surface area contributed by atoms with Crippen molar-refractivity contribution in [1.82, 2.24) is 10.2 Å². The zero-order chi connectivity index (χ0) is 9.84. The molecule has 0 atom stereocenters. The molecule has 0 spiro atoms. The lowest BCUT2D eigenvalue weighted by atomic mass is 10.2. The molecule has 0 saturated heterocycles. The molecule has 1 aromatic rings. The first kappa shape index (κ1) is 9.31. The highest BCUT2D eigenvalue weighted by atomic mass is 16.1. The fourth-order valence-electron chi connectivity index (χ4n) is 0.960. The monoisotopic (exact) mass is 180 g/mol. The van der Waals surface area contributed by atoms with Crippen LogP contribution in [0.4, 0.5) is 5.82 Å². The summed E-state index contributed by atoms with van der Waals surface area (Å²) in [7, 11) is 0. The molecule has 0 bridgehead atoms. The lowest BCUT2D eigenvalue weighted by Crippen LogP contribution is -2.07. The van der Waals surface area contributed by atoms with Crippen LogP contribution in [-0.2, 0) is 4.79 Å². The number of aromatic amines is 1. The quantitative estimate of drug-likeness (QED) is 0.619. The molecule has 0 aromatic carbocycles. The summed E-state index contributed by atoms with van der Waals surface area (Å²) in [5, 5.41) is 6.53. The second-order valence-electron chi connectivity index (χ2n) is 2.72. The molecule has 1 aromatic heterocycles. The average molecular weight is 180 g/mol. The van der Waals surface area contributed by atoms with Crippen LogP contribution < -0.4 is 11.5 Å². The Morgan fingerprint density at radius 3 is 2.85 bits per heavy atom. The minimum atomic E-state index is -0.365. The van der Waals surface area contributed by atoms with Gasteiger partial charge in [0, 0.05) is 17.7 Å². The SMILES string of the molecule is Cc1[nH]nc(N)c1C=CCC(N)=O. The van der Waals surface area contributed by atoms with E-state index in [9.17, 15) is 4.79 Å². The van der Waals surface area contributed by atoms with Gasteiger partial charge >= 0.3 is 0 Å².